The summed E-state index contributed by atoms with van der Waals surface area (Å²) in [7, 11) is -0.131. The first-order valence-electron chi connectivity index (χ1n) is 5.58. The number of benzene rings is 2. The van der Waals surface area contributed by atoms with E-state index in [1.165, 1.54) is 9.79 Å². The van der Waals surface area contributed by atoms with Crippen LogP contribution in [0.3, 0.4) is 0 Å². The van der Waals surface area contributed by atoms with Crippen LogP contribution in [0.1, 0.15) is 6.92 Å². The zero-order valence-electron chi connectivity index (χ0n) is 9.80. The molecule has 2 aromatic carbocycles. The third-order valence-electron chi connectivity index (χ3n) is 2.40. The number of ketones is 1. The molecule has 0 saturated heterocycles. The monoisotopic (exact) mass is 243 g/mol. The van der Waals surface area contributed by atoms with Crippen LogP contribution in [-0.2, 0) is 15.7 Å². The number of carbonyl (C=O) groups excluding carboxylic acids is 1. The number of hydrogen-bond acceptors (Lipinski definition) is 1. The van der Waals surface area contributed by atoms with Crippen LogP contribution in [0.25, 0.3) is 0 Å². The van der Waals surface area contributed by atoms with Gasteiger partial charge in [-0.2, -0.15) is 0 Å². The van der Waals surface area contributed by atoms with Gasteiger partial charge in [0.15, 0.2) is 21.3 Å². The maximum Gasteiger partial charge on any atom is 0.179 e. The molecule has 0 atom stereocenters. The zero-order valence-corrected chi connectivity index (χ0v) is 10.6. The molecule has 2 aromatic rings. The van der Waals surface area contributed by atoms with Crippen LogP contribution in [0.2, 0.25) is 0 Å². The van der Waals surface area contributed by atoms with Crippen molar-refractivity contribution in [1.29, 1.82) is 0 Å². The van der Waals surface area contributed by atoms with Gasteiger partial charge < -0.3 is 0 Å². The molecule has 0 N–H and O–H groups in total. The van der Waals surface area contributed by atoms with Crippen molar-refractivity contribution in [2.45, 2.75) is 16.7 Å². The van der Waals surface area contributed by atoms with Gasteiger partial charge in [0.05, 0.1) is 10.9 Å². The van der Waals surface area contributed by atoms with Gasteiger partial charge in [0.25, 0.3) is 0 Å². The lowest BCUT2D eigenvalue weighted by atomic mass is 10.4. The first-order chi connectivity index (χ1) is 8.27. The molecule has 0 aliphatic rings. The Labute approximate surface area is 105 Å². The quantitative estimate of drug-likeness (QED) is 0.753. The normalized spacial score (nSPS) is 10.5. The summed E-state index contributed by atoms with van der Waals surface area (Å²) < 4.78 is 0. The molecule has 0 spiro atoms. The summed E-state index contributed by atoms with van der Waals surface area (Å²) in [4.78, 5) is 13.9. The van der Waals surface area contributed by atoms with E-state index in [2.05, 4.69) is 24.3 Å². The van der Waals surface area contributed by atoms with E-state index in [1.807, 2.05) is 36.4 Å². The van der Waals surface area contributed by atoms with Gasteiger partial charge in [0.2, 0.25) is 0 Å². The van der Waals surface area contributed by atoms with Crippen molar-refractivity contribution >= 4 is 16.7 Å². The summed E-state index contributed by atoms with van der Waals surface area (Å²) in [6.45, 7) is 1.66. The maximum absolute atomic E-state index is 11.4. The van der Waals surface area contributed by atoms with Gasteiger partial charge in [0, 0.05) is 0 Å². The molecular formula is C15H15OS+. The van der Waals surface area contributed by atoms with E-state index in [4.69, 9.17) is 0 Å². The van der Waals surface area contributed by atoms with E-state index in [9.17, 15) is 4.79 Å². The molecule has 2 heteroatoms. The Hall–Kier alpha value is -1.54. The molecule has 1 nitrogen and oxygen atoms in total. The highest BCUT2D eigenvalue weighted by atomic mass is 32.2. The Bertz CT molecular complexity index is 439. The fourth-order valence-electron chi connectivity index (χ4n) is 1.68. The van der Waals surface area contributed by atoms with Gasteiger partial charge >= 0.3 is 0 Å². The predicted molar refractivity (Wildman–Crippen MR) is 72.3 cm³/mol. The topological polar surface area (TPSA) is 17.1 Å². The van der Waals surface area contributed by atoms with Gasteiger partial charge in [-0.1, -0.05) is 36.4 Å². The van der Waals surface area contributed by atoms with Crippen LogP contribution >= 0.6 is 0 Å². The third-order valence-corrected chi connectivity index (χ3v) is 4.78. The fraction of sp³-hybridized carbons (Fsp3) is 0.133. The van der Waals surface area contributed by atoms with Gasteiger partial charge in [-0.3, -0.25) is 4.79 Å². The van der Waals surface area contributed by atoms with Crippen LogP contribution in [0, 0.1) is 0 Å². The lowest BCUT2D eigenvalue weighted by Crippen LogP contribution is -2.14. The molecular weight excluding hydrogens is 228 g/mol. The van der Waals surface area contributed by atoms with Gasteiger partial charge in [-0.05, 0) is 31.2 Å². The molecule has 0 unspecified atom stereocenters. The van der Waals surface area contributed by atoms with Crippen molar-refractivity contribution in [3.63, 3.8) is 0 Å². The highest BCUT2D eigenvalue weighted by molar-refractivity contribution is 7.97. The summed E-state index contributed by atoms with van der Waals surface area (Å²) >= 11 is 0. The molecule has 17 heavy (non-hydrogen) atoms. The molecule has 0 saturated carbocycles. The van der Waals surface area contributed by atoms with Crippen LogP contribution in [0.5, 0.6) is 0 Å². The van der Waals surface area contributed by atoms with E-state index < -0.39 is 0 Å². The summed E-state index contributed by atoms with van der Waals surface area (Å²) in [5.41, 5.74) is 0. The Morgan fingerprint density at radius 3 is 1.65 bits per heavy atom. The number of hydrogen-bond donors (Lipinski definition) is 0. The van der Waals surface area contributed by atoms with Gasteiger partial charge in [-0.25, -0.2) is 0 Å². The summed E-state index contributed by atoms with van der Waals surface area (Å²) in [6.07, 6.45) is 0. The standard InChI is InChI=1S/C15H15OS/c1-13(16)12-17(14-8-4-2-5-9-14)15-10-6-3-7-11-15/h2-11H,12H2,1H3/q+1. The van der Waals surface area contributed by atoms with Crippen LogP contribution in [-0.4, -0.2) is 11.5 Å². The Morgan fingerprint density at radius 1 is 0.882 bits per heavy atom. The van der Waals surface area contributed by atoms with E-state index >= 15 is 0 Å². The molecule has 0 radical (unpaired) electrons. The van der Waals surface area contributed by atoms with Crippen molar-refractivity contribution in [3.05, 3.63) is 60.7 Å². The Morgan fingerprint density at radius 2 is 1.29 bits per heavy atom. The van der Waals surface area contributed by atoms with Gasteiger partial charge in [-0.15, -0.1) is 0 Å². The average Bonchev–Trinajstić information content (AvgIpc) is 2.38. The van der Waals surface area contributed by atoms with Crippen molar-refractivity contribution in [2.24, 2.45) is 0 Å². The SMILES string of the molecule is CC(=O)C[S+](c1ccccc1)c1ccccc1. The van der Waals surface area contributed by atoms with Gasteiger partial charge in [0.1, 0.15) is 0 Å². The van der Waals surface area contributed by atoms with Crippen LogP contribution in [0.15, 0.2) is 70.5 Å². The second-order valence-electron chi connectivity index (χ2n) is 3.86. The highest BCUT2D eigenvalue weighted by Gasteiger charge is 2.26. The minimum absolute atomic E-state index is 0.131. The molecule has 0 amide bonds. The predicted octanol–water partition coefficient (Wildman–Crippen LogP) is 3.31. The number of rotatable bonds is 4. The Kier molecular flexibility index (Phi) is 3.99. The van der Waals surface area contributed by atoms with Crippen molar-refractivity contribution in [3.8, 4) is 0 Å². The molecule has 0 aliphatic carbocycles. The average molecular weight is 243 g/mol. The minimum atomic E-state index is -0.131. The highest BCUT2D eigenvalue weighted by Crippen LogP contribution is 2.23. The molecule has 0 aliphatic heterocycles. The van der Waals surface area contributed by atoms with E-state index in [0.29, 0.717) is 5.75 Å². The third kappa shape index (κ3) is 3.21. The molecule has 86 valence electrons. The lowest BCUT2D eigenvalue weighted by Gasteiger charge is -2.05. The molecule has 0 fully saturated rings. The lowest BCUT2D eigenvalue weighted by molar-refractivity contribution is -0.114. The summed E-state index contributed by atoms with van der Waals surface area (Å²) in [5.74, 6) is 0.828. The fourth-order valence-corrected chi connectivity index (χ4v) is 3.66. The van der Waals surface area contributed by atoms with Crippen LogP contribution in [0.4, 0.5) is 0 Å². The zero-order chi connectivity index (χ0) is 12.1. The van der Waals surface area contributed by atoms with Crippen molar-refractivity contribution in [1.82, 2.24) is 0 Å². The number of Topliss-reactive ketones (excluding diaryl/α,β-unsaturated/α-hetero) is 1. The van der Waals surface area contributed by atoms with Crippen molar-refractivity contribution < 1.29 is 4.79 Å². The first-order valence-corrected chi connectivity index (χ1v) is 6.97. The molecule has 0 aromatic heterocycles. The largest absolute Gasteiger partial charge is 0.295 e. The van der Waals surface area contributed by atoms with E-state index in [0.717, 1.165) is 0 Å². The van der Waals surface area contributed by atoms with E-state index in [-0.39, 0.29) is 16.7 Å². The summed E-state index contributed by atoms with van der Waals surface area (Å²) in [6, 6.07) is 20.5. The second kappa shape index (κ2) is 5.69. The minimum Gasteiger partial charge on any atom is -0.295 e. The first kappa shape index (κ1) is 11.9. The maximum atomic E-state index is 11.4. The molecule has 0 heterocycles. The second-order valence-corrected chi connectivity index (χ2v) is 5.88. The molecule has 2 rings (SSSR count). The number of carbonyl (C=O) groups is 1. The Balaban J connectivity index is 2.36. The summed E-state index contributed by atoms with van der Waals surface area (Å²) in [5, 5.41) is 0. The van der Waals surface area contributed by atoms with E-state index in [1.54, 1.807) is 6.92 Å². The molecule has 0 bridgehead atoms. The van der Waals surface area contributed by atoms with Crippen LogP contribution < -0.4 is 0 Å². The van der Waals surface area contributed by atoms with Crippen molar-refractivity contribution in [2.75, 3.05) is 5.75 Å². The smallest absolute Gasteiger partial charge is 0.179 e.